The molecule has 0 heterocycles. The van der Waals surface area contributed by atoms with E-state index in [-0.39, 0.29) is 17.2 Å². The third-order valence-electron chi connectivity index (χ3n) is 8.47. The van der Waals surface area contributed by atoms with Crippen LogP contribution in [-0.2, 0) is 20.5 Å². The quantitative estimate of drug-likeness (QED) is 0.0830. The fourth-order valence-electron chi connectivity index (χ4n) is 4.82. The zero-order valence-electron chi connectivity index (χ0n) is 27.1. The Morgan fingerprint density at radius 2 is 1.23 bits per heavy atom. The van der Waals surface area contributed by atoms with Crippen LogP contribution in [0.5, 0.6) is 0 Å². The van der Waals surface area contributed by atoms with Gasteiger partial charge in [0.25, 0.3) is 0 Å². The van der Waals surface area contributed by atoms with E-state index in [9.17, 15) is 0 Å². The molecule has 228 valence electrons. The molecule has 2 unspecified atom stereocenters. The Bertz CT molecular complexity index is 661. The summed E-state index contributed by atoms with van der Waals surface area (Å²) < 4.78 is 19.4. The Balaban J connectivity index is 2.32. The van der Waals surface area contributed by atoms with Crippen molar-refractivity contribution in [2.24, 2.45) is 11.8 Å². The molecule has 0 saturated heterocycles. The van der Waals surface area contributed by atoms with Gasteiger partial charge in [0.05, 0.1) is 19.3 Å². The first-order valence-electron chi connectivity index (χ1n) is 16.6. The van der Waals surface area contributed by atoms with Crippen LogP contribution in [0.3, 0.4) is 0 Å². The fourth-order valence-corrected chi connectivity index (χ4v) is 6.38. The zero-order valence-corrected chi connectivity index (χ0v) is 28.6. The predicted molar refractivity (Wildman–Crippen MR) is 173 cm³/mol. The minimum Gasteiger partial charge on any atom is -0.418 e. The van der Waals surface area contributed by atoms with Gasteiger partial charge in [-0.2, -0.15) is 0 Å². The molecule has 0 amide bonds. The summed E-state index contributed by atoms with van der Waals surface area (Å²) in [6.45, 7) is 18.2. The van der Waals surface area contributed by atoms with Crippen molar-refractivity contribution >= 4 is 9.76 Å². The lowest BCUT2D eigenvalue weighted by Gasteiger charge is -2.35. The van der Waals surface area contributed by atoms with E-state index in [0.29, 0.717) is 25.0 Å². The number of rotatable bonds is 26. The number of hydrogen-bond acceptors (Lipinski definition) is 3. The van der Waals surface area contributed by atoms with Crippen LogP contribution in [0.4, 0.5) is 0 Å². The molecule has 0 saturated carbocycles. The monoisotopic (exact) mass is 562 g/mol. The standard InChI is InChI=1S/C35H66O3Si/c1-8-9-10-11-12-13-14-15-16-17-18-19-20-24-27-36-29-33(37-28-32-25-22-21-23-26-32)34(30(2)3)38-39-35(6,7)31(4)5/h21-23,25-26,30-31,33-34H,8-20,24,27-29,39H2,1-7H3. The maximum Gasteiger partial charge on any atom is 0.167 e. The van der Waals surface area contributed by atoms with Gasteiger partial charge in [-0.3, -0.25) is 0 Å². The van der Waals surface area contributed by atoms with Crippen LogP contribution in [-0.4, -0.2) is 35.2 Å². The second-order valence-corrected chi connectivity index (χ2v) is 15.6. The van der Waals surface area contributed by atoms with Gasteiger partial charge in [-0.05, 0) is 28.9 Å². The van der Waals surface area contributed by atoms with E-state index in [1.54, 1.807) is 0 Å². The van der Waals surface area contributed by atoms with Gasteiger partial charge < -0.3 is 13.9 Å². The summed E-state index contributed by atoms with van der Waals surface area (Å²) in [6, 6.07) is 10.5. The first-order chi connectivity index (χ1) is 18.8. The largest absolute Gasteiger partial charge is 0.418 e. The molecule has 0 aliphatic rings. The van der Waals surface area contributed by atoms with Gasteiger partial charge >= 0.3 is 0 Å². The molecular weight excluding hydrogens is 496 g/mol. The molecule has 4 heteroatoms. The molecule has 1 aromatic rings. The second kappa shape index (κ2) is 22.9. The molecule has 2 atom stereocenters. The normalized spacial score (nSPS) is 14.2. The van der Waals surface area contributed by atoms with Gasteiger partial charge in [0.2, 0.25) is 0 Å². The van der Waals surface area contributed by atoms with Crippen molar-refractivity contribution in [3.63, 3.8) is 0 Å². The Morgan fingerprint density at radius 1 is 0.718 bits per heavy atom. The Hall–Kier alpha value is -0.683. The van der Waals surface area contributed by atoms with E-state index in [4.69, 9.17) is 13.9 Å². The number of ether oxygens (including phenoxy) is 2. The molecule has 39 heavy (non-hydrogen) atoms. The predicted octanol–water partition coefficient (Wildman–Crippen LogP) is 10.0. The highest BCUT2D eigenvalue weighted by Crippen LogP contribution is 2.34. The number of hydrogen-bond donors (Lipinski definition) is 0. The highest BCUT2D eigenvalue weighted by molar-refractivity contribution is 6.32. The van der Waals surface area contributed by atoms with Crippen molar-refractivity contribution in [3.8, 4) is 0 Å². The van der Waals surface area contributed by atoms with Crippen LogP contribution in [0.1, 0.15) is 144 Å². The lowest BCUT2D eigenvalue weighted by atomic mass is 9.99. The average Bonchev–Trinajstić information content (AvgIpc) is 2.91. The third kappa shape index (κ3) is 18.4. The first-order valence-corrected chi connectivity index (χ1v) is 17.9. The summed E-state index contributed by atoms with van der Waals surface area (Å²) in [7, 11) is -0.714. The summed E-state index contributed by atoms with van der Waals surface area (Å²) in [5.74, 6) is 1.02. The maximum absolute atomic E-state index is 6.69. The van der Waals surface area contributed by atoms with Gasteiger partial charge in [0.1, 0.15) is 6.10 Å². The van der Waals surface area contributed by atoms with Crippen molar-refractivity contribution in [1.29, 1.82) is 0 Å². The Labute approximate surface area is 246 Å². The van der Waals surface area contributed by atoms with Crippen LogP contribution >= 0.6 is 0 Å². The Kier molecular flexibility index (Phi) is 21.4. The molecule has 0 aliphatic heterocycles. The molecular formula is C35H66O3Si. The summed E-state index contributed by atoms with van der Waals surface area (Å²) in [5.41, 5.74) is 1.21. The highest BCUT2D eigenvalue weighted by atomic mass is 28.2. The maximum atomic E-state index is 6.69. The van der Waals surface area contributed by atoms with Crippen LogP contribution in [0.2, 0.25) is 5.04 Å². The molecule has 0 aromatic heterocycles. The molecule has 0 fully saturated rings. The summed E-state index contributed by atoms with van der Waals surface area (Å²) in [4.78, 5) is 0. The molecule has 0 bridgehead atoms. The molecule has 0 radical (unpaired) electrons. The van der Waals surface area contributed by atoms with E-state index >= 15 is 0 Å². The van der Waals surface area contributed by atoms with Crippen LogP contribution < -0.4 is 0 Å². The zero-order chi connectivity index (χ0) is 28.8. The average molecular weight is 563 g/mol. The summed E-state index contributed by atoms with van der Waals surface area (Å²) >= 11 is 0. The van der Waals surface area contributed by atoms with Crippen molar-refractivity contribution in [1.82, 2.24) is 0 Å². The lowest BCUT2D eigenvalue weighted by Crippen LogP contribution is -2.42. The third-order valence-corrected chi connectivity index (χ3v) is 10.6. The topological polar surface area (TPSA) is 27.7 Å². The molecule has 0 spiro atoms. The van der Waals surface area contributed by atoms with E-state index in [1.807, 2.05) is 0 Å². The molecule has 0 N–H and O–H groups in total. The van der Waals surface area contributed by atoms with Gasteiger partial charge in [0, 0.05) is 6.61 Å². The molecule has 1 aromatic carbocycles. The lowest BCUT2D eigenvalue weighted by molar-refractivity contribution is -0.0915. The van der Waals surface area contributed by atoms with Crippen LogP contribution in [0.15, 0.2) is 30.3 Å². The van der Waals surface area contributed by atoms with Crippen molar-refractivity contribution < 1.29 is 13.9 Å². The SMILES string of the molecule is CCCCCCCCCCCCCCCCOCC(OCc1ccccc1)C(O[SiH2]C(C)(C)C(C)C)C(C)C. The minimum atomic E-state index is -0.714. The van der Waals surface area contributed by atoms with Crippen molar-refractivity contribution in [3.05, 3.63) is 35.9 Å². The molecule has 0 aliphatic carbocycles. The summed E-state index contributed by atoms with van der Waals surface area (Å²) in [6.07, 6.45) is 19.4. The van der Waals surface area contributed by atoms with E-state index in [2.05, 4.69) is 78.8 Å². The van der Waals surface area contributed by atoms with Gasteiger partial charge in [-0.25, -0.2) is 0 Å². The van der Waals surface area contributed by atoms with E-state index < -0.39 is 9.76 Å². The second-order valence-electron chi connectivity index (χ2n) is 13.2. The summed E-state index contributed by atoms with van der Waals surface area (Å²) in [5, 5.41) is 0.270. The molecule has 1 rings (SSSR count). The van der Waals surface area contributed by atoms with Crippen molar-refractivity contribution in [2.45, 2.75) is 162 Å². The number of unbranched alkanes of at least 4 members (excludes halogenated alkanes) is 13. The van der Waals surface area contributed by atoms with Gasteiger partial charge in [-0.1, -0.05) is 162 Å². The van der Waals surface area contributed by atoms with Crippen molar-refractivity contribution in [2.75, 3.05) is 13.2 Å². The first kappa shape index (κ1) is 36.3. The Morgan fingerprint density at radius 3 is 1.72 bits per heavy atom. The van der Waals surface area contributed by atoms with Crippen LogP contribution in [0.25, 0.3) is 0 Å². The number of benzene rings is 1. The fraction of sp³-hybridized carbons (Fsp3) is 0.829. The molecule has 3 nitrogen and oxygen atoms in total. The van der Waals surface area contributed by atoms with Gasteiger partial charge in [0.15, 0.2) is 9.76 Å². The van der Waals surface area contributed by atoms with Gasteiger partial charge in [-0.15, -0.1) is 0 Å². The van der Waals surface area contributed by atoms with E-state index in [1.165, 1.54) is 89.0 Å². The minimum absolute atomic E-state index is 0.0349. The van der Waals surface area contributed by atoms with Crippen LogP contribution in [0, 0.1) is 11.8 Å². The smallest absolute Gasteiger partial charge is 0.167 e. The highest BCUT2D eigenvalue weighted by Gasteiger charge is 2.31. The van der Waals surface area contributed by atoms with E-state index in [0.717, 1.165) is 13.0 Å².